The largest absolute Gasteiger partial charge is 0.303 e. The Bertz CT molecular complexity index is 1050. The standard InChI is InChI=1S/C29H29NO2/c1-22(28(31)24-15-7-3-8-16-24)27(23-13-5-2-6-14-23)26(21-30-19-11-12-20-30)29(32)25-17-9-4-10-18-25/h2-10,13-18,26-27H,1,11-12,19-21H2. The lowest BCUT2D eigenvalue weighted by molar-refractivity contribution is 0.0867. The van der Waals surface area contributed by atoms with Crippen molar-refractivity contribution in [3.63, 3.8) is 0 Å². The van der Waals surface area contributed by atoms with Crippen LogP contribution in [-0.4, -0.2) is 36.1 Å². The quantitative estimate of drug-likeness (QED) is 0.322. The van der Waals surface area contributed by atoms with Gasteiger partial charge in [-0.3, -0.25) is 9.59 Å². The lowest BCUT2D eigenvalue weighted by atomic mass is 9.75. The highest BCUT2D eigenvalue weighted by Crippen LogP contribution is 2.36. The number of nitrogens with zero attached hydrogens (tertiary/aromatic N) is 1. The second-order valence-corrected chi connectivity index (χ2v) is 8.45. The van der Waals surface area contributed by atoms with E-state index in [9.17, 15) is 9.59 Å². The first-order valence-electron chi connectivity index (χ1n) is 11.3. The van der Waals surface area contributed by atoms with Crippen molar-refractivity contribution >= 4 is 11.6 Å². The van der Waals surface area contributed by atoms with Crippen LogP contribution in [0.15, 0.2) is 103 Å². The summed E-state index contributed by atoms with van der Waals surface area (Å²) in [6.45, 7) is 6.85. The normalized spacial score (nSPS) is 15.8. The summed E-state index contributed by atoms with van der Waals surface area (Å²) >= 11 is 0. The maximum absolute atomic E-state index is 13.8. The van der Waals surface area contributed by atoms with E-state index in [0.29, 0.717) is 23.2 Å². The predicted octanol–water partition coefficient (Wildman–Crippen LogP) is 5.80. The van der Waals surface area contributed by atoms with Crippen molar-refractivity contribution < 1.29 is 9.59 Å². The molecule has 32 heavy (non-hydrogen) atoms. The van der Waals surface area contributed by atoms with Gasteiger partial charge in [0, 0.05) is 35.1 Å². The van der Waals surface area contributed by atoms with E-state index in [-0.39, 0.29) is 11.6 Å². The molecular weight excluding hydrogens is 394 g/mol. The van der Waals surface area contributed by atoms with Crippen LogP contribution in [0, 0.1) is 5.92 Å². The molecule has 3 heteroatoms. The third-order valence-corrected chi connectivity index (χ3v) is 6.31. The number of carbonyl (C=O) groups excluding carboxylic acids is 2. The van der Waals surface area contributed by atoms with Crippen molar-refractivity contribution in [2.75, 3.05) is 19.6 Å². The molecule has 0 spiro atoms. The Kier molecular flexibility index (Phi) is 7.08. The van der Waals surface area contributed by atoms with E-state index < -0.39 is 11.8 Å². The zero-order chi connectivity index (χ0) is 22.3. The third-order valence-electron chi connectivity index (χ3n) is 6.31. The topological polar surface area (TPSA) is 37.4 Å². The minimum Gasteiger partial charge on any atom is -0.303 e. The maximum Gasteiger partial charge on any atom is 0.189 e. The molecule has 1 fully saturated rings. The molecular formula is C29H29NO2. The van der Waals surface area contributed by atoms with Crippen LogP contribution in [0.1, 0.15) is 45.0 Å². The molecule has 3 aromatic carbocycles. The first kappa shape index (κ1) is 21.9. The van der Waals surface area contributed by atoms with Gasteiger partial charge in [-0.15, -0.1) is 0 Å². The summed E-state index contributed by atoms with van der Waals surface area (Å²) in [4.78, 5) is 29.6. The van der Waals surface area contributed by atoms with Gasteiger partial charge in [0.15, 0.2) is 11.6 Å². The Morgan fingerprint density at radius 2 is 1.25 bits per heavy atom. The zero-order valence-electron chi connectivity index (χ0n) is 18.3. The number of hydrogen-bond acceptors (Lipinski definition) is 3. The zero-order valence-corrected chi connectivity index (χ0v) is 18.3. The number of Topliss-reactive ketones (excluding diaryl/α,β-unsaturated/α-hetero) is 2. The maximum atomic E-state index is 13.8. The molecule has 1 heterocycles. The number of ketones is 2. The molecule has 0 amide bonds. The van der Waals surface area contributed by atoms with Gasteiger partial charge in [-0.1, -0.05) is 97.6 Å². The summed E-state index contributed by atoms with van der Waals surface area (Å²) in [6.07, 6.45) is 2.29. The van der Waals surface area contributed by atoms with Gasteiger partial charge in [-0.05, 0) is 31.5 Å². The Hall–Kier alpha value is -3.30. The second kappa shape index (κ2) is 10.3. The van der Waals surface area contributed by atoms with Crippen LogP contribution >= 0.6 is 0 Å². The molecule has 162 valence electrons. The van der Waals surface area contributed by atoms with Gasteiger partial charge in [0.2, 0.25) is 0 Å². The molecule has 0 saturated carbocycles. The fraction of sp³-hybridized carbons (Fsp3) is 0.241. The van der Waals surface area contributed by atoms with Gasteiger partial charge in [0.05, 0.1) is 0 Å². The summed E-state index contributed by atoms with van der Waals surface area (Å²) in [5, 5.41) is 0. The smallest absolute Gasteiger partial charge is 0.189 e. The van der Waals surface area contributed by atoms with Crippen LogP contribution in [0.4, 0.5) is 0 Å². The molecule has 1 aliphatic heterocycles. The minimum absolute atomic E-state index is 0.0633. The van der Waals surface area contributed by atoms with Crippen molar-refractivity contribution in [3.05, 3.63) is 120 Å². The number of likely N-dealkylation sites (tertiary alicyclic amines) is 1. The van der Waals surface area contributed by atoms with E-state index >= 15 is 0 Å². The molecule has 4 rings (SSSR count). The summed E-state index contributed by atoms with van der Waals surface area (Å²) in [6, 6.07) is 28.5. The number of carbonyl (C=O) groups is 2. The average Bonchev–Trinajstić information content (AvgIpc) is 3.37. The molecule has 2 unspecified atom stereocenters. The van der Waals surface area contributed by atoms with Crippen molar-refractivity contribution in [2.45, 2.75) is 18.8 Å². The number of rotatable bonds is 9. The first-order chi connectivity index (χ1) is 15.6. The molecule has 3 nitrogen and oxygen atoms in total. The van der Waals surface area contributed by atoms with E-state index in [4.69, 9.17) is 0 Å². The SMILES string of the molecule is C=C(C(=O)c1ccccc1)C(c1ccccc1)C(CN1CCCC1)C(=O)c1ccccc1. The van der Waals surface area contributed by atoms with Crippen LogP contribution in [0.2, 0.25) is 0 Å². The van der Waals surface area contributed by atoms with Crippen LogP contribution < -0.4 is 0 Å². The van der Waals surface area contributed by atoms with Crippen molar-refractivity contribution in [1.82, 2.24) is 4.90 Å². The Morgan fingerprint density at radius 3 is 1.81 bits per heavy atom. The molecule has 0 N–H and O–H groups in total. The van der Waals surface area contributed by atoms with Gasteiger partial charge >= 0.3 is 0 Å². The summed E-state index contributed by atoms with van der Waals surface area (Å²) in [7, 11) is 0. The van der Waals surface area contributed by atoms with Gasteiger partial charge in [-0.2, -0.15) is 0 Å². The highest BCUT2D eigenvalue weighted by molar-refractivity contribution is 6.10. The van der Waals surface area contributed by atoms with E-state index in [2.05, 4.69) is 11.5 Å². The lowest BCUT2D eigenvalue weighted by Crippen LogP contribution is -2.36. The third kappa shape index (κ3) is 4.95. The molecule has 2 atom stereocenters. The Morgan fingerprint density at radius 1 is 0.750 bits per heavy atom. The Labute approximate surface area is 190 Å². The van der Waals surface area contributed by atoms with Gasteiger partial charge < -0.3 is 4.90 Å². The average molecular weight is 424 g/mol. The lowest BCUT2D eigenvalue weighted by Gasteiger charge is -2.31. The summed E-state index contributed by atoms with van der Waals surface area (Å²) in [5.74, 6) is -0.824. The van der Waals surface area contributed by atoms with Crippen LogP contribution in [0.25, 0.3) is 0 Å². The van der Waals surface area contributed by atoms with Gasteiger partial charge in [-0.25, -0.2) is 0 Å². The molecule has 0 aliphatic carbocycles. The van der Waals surface area contributed by atoms with E-state index in [0.717, 1.165) is 31.5 Å². The van der Waals surface area contributed by atoms with Crippen molar-refractivity contribution in [3.8, 4) is 0 Å². The fourth-order valence-corrected chi connectivity index (χ4v) is 4.65. The van der Waals surface area contributed by atoms with Crippen molar-refractivity contribution in [2.24, 2.45) is 5.92 Å². The van der Waals surface area contributed by atoms with Gasteiger partial charge in [0.25, 0.3) is 0 Å². The number of hydrogen-bond donors (Lipinski definition) is 0. The molecule has 3 aromatic rings. The molecule has 1 aliphatic rings. The first-order valence-corrected chi connectivity index (χ1v) is 11.3. The predicted molar refractivity (Wildman–Crippen MR) is 129 cm³/mol. The highest BCUT2D eigenvalue weighted by Gasteiger charge is 2.36. The van der Waals surface area contributed by atoms with Crippen molar-refractivity contribution in [1.29, 1.82) is 0 Å². The van der Waals surface area contributed by atoms with E-state index in [1.54, 1.807) is 0 Å². The monoisotopic (exact) mass is 423 g/mol. The molecule has 0 bridgehead atoms. The minimum atomic E-state index is -0.391. The van der Waals surface area contributed by atoms with Gasteiger partial charge in [0.1, 0.15) is 0 Å². The van der Waals surface area contributed by atoms with E-state index in [1.165, 1.54) is 0 Å². The summed E-state index contributed by atoms with van der Waals surface area (Å²) in [5.41, 5.74) is 2.70. The number of allylic oxidation sites excluding steroid dienone is 1. The fourth-order valence-electron chi connectivity index (χ4n) is 4.65. The van der Waals surface area contributed by atoms with Crippen LogP contribution in [0.3, 0.4) is 0 Å². The molecule has 0 aromatic heterocycles. The Balaban J connectivity index is 1.76. The van der Waals surface area contributed by atoms with Crippen LogP contribution in [-0.2, 0) is 0 Å². The summed E-state index contributed by atoms with van der Waals surface area (Å²) < 4.78 is 0. The van der Waals surface area contributed by atoms with E-state index in [1.807, 2.05) is 91.0 Å². The second-order valence-electron chi connectivity index (χ2n) is 8.45. The number of benzene rings is 3. The molecule has 0 radical (unpaired) electrons. The van der Waals surface area contributed by atoms with Crippen LogP contribution in [0.5, 0.6) is 0 Å². The molecule has 1 saturated heterocycles. The highest BCUT2D eigenvalue weighted by atomic mass is 16.1.